The highest BCUT2D eigenvalue weighted by Crippen LogP contribution is 2.34. The molecule has 0 atom stereocenters. The quantitative estimate of drug-likeness (QED) is 0.0534. The number of allylic oxidation sites excluding steroid dienone is 1. The number of amides is 4. The van der Waals surface area contributed by atoms with E-state index in [4.69, 9.17) is 16.2 Å². The number of morpholine rings is 1. The first kappa shape index (κ1) is 52.6. The van der Waals surface area contributed by atoms with E-state index in [0.29, 0.717) is 68.4 Å². The summed E-state index contributed by atoms with van der Waals surface area (Å²) in [5.74, 6) is -0.371. The molecule has 6 aromatic rings. The molecular weight excluding hydrogens is 979 g/mol. The van der Waals surface area contributed by atoms with Crippen molar-refractivity contribution in [1.29, 1.82) is 0 Å². The van der Waals surface area contributed by atoms with Gasteiger partial charge in [0.25, 0.3) is 5.91 Å². The van der Waals surface area contributed by atoms with E-state index in [0.717, 1.165) is 81.2 Å². The molecule has 3 aliphatic heterocycles. The average molecular weight is 1040 g/mol. The van der Waals surface area contributed by atoms with Crippen LogP contribution in [-0.4, -0.2) is 148 Å². The molecule has 22 heteroatoms. The van der Waals surface area contributed by atoms with E-state index in [9.17, 15) is 19.2 Å². The number of anilines is 10. The second-order valence-corrected chi connectivity index (χ2v) is 19.0. The number of likely N-dealkylation sites (N-methyl/N-ethyl adjacent to an activating group) is 2. The van der Waals surface area contributed by atoms with Gasteiger partial charge in [0.15, 0.2) is 0 Å². The Hall–Kier alpha value is -9.28. The van der Waals surface area contributed by atoms with Gasteiger partial charge in [-0.3, -0.25) is 9.59 Å². The molecular formula is C55H63N17O5. The highest BCUT2D eigenvalue weighted by atomic mass is 16.5. The number of nitrogens with one attached hydrogen (secondary N) is 4. The Morgan fingerprint density at radius 1 is 0.714 bits per heavy atom. The zero-order valence-electron chi connectivity index (χ0n) is 43.4. The molecule has 0 unspecified atom stereocenters. The van der Waals surface area contributed by atoms with Crippen molar-refractivity contribution in [3.05, 3.63) is 139 Å². The molecule has 5 heterocycles. The molecule has 4 amide bonds. The zero-order valence-corrected chi connectivity index (χ0v) is 43.4. The van der Waals surface area contributed by atoms with Crippen molar-refractivity contribution in [1.82, 2.24) is 44.2 Å². The van der Waals surface area contributed by atoms with Crippen LogP contribution in [-0.2, 0) is 14.3 Å². The minimum absolute atomic E-state index is 0.0630. The van der Waals surface area contributed by atoms with E-state index in [2.05, 4.69) is 75.4 Å². The lowest BCUT2D eigenvalue weighted by atomic mass is 9.97. The number of rotatable bonds is 16. The predicted molar refractivity (Wildman–Crippen MR) is 302 cm³/mol. The summed E-state index contributed by atoms with van der Waals surface area (Å²) >= 11 is 0. The van der Waals surface area contributed by atoms with E-state index < -0.39 is 12.1 Å². The van der Waals surface area contributed by atoms with Gasteiger partial charge >= 0.3 is 12.1 Å². The third-order valence-electron chi connectivity index (χ3n) is 13.3. The summed E-state index contributed by atoms with van der Waals surface area (Å²) in [6.07, 6.45) is 7.47. The summed E-state index contributed by atoms with van der Waals surface area (Å²) in [7, 11) is 5.96. The molecule has 8 N–H and O–H groups in total. The molecule has 0 aliphatic carbocycles. The van der Waals surface area contributed by atoms with Crippen molar-refractivity contribution in [3.63, 3.8) is 0 Å². The van der Waals surface area contributed by atoms with E-state index >= 15 is 0 Å². The molecule has 3 aliphatic rings. The second kappa shape index (κ2) is 23.5. The number of nitrogen functional groups attached to an aromatic ring is 2. The Balaban J connectivity index is 0.843. The first-order valence-electron chi connectivity index (χ1n) is 25.3. The molecule has 4 aromatic carbocycles. The molecule has 2 aromatic heterocycles. The number of ether oxygens (including phenoxy) is 1. The largest absolute Gasteiger partial charge is 0.378 e. The van der Waals surface area contributed by atoms with Gasteiger partial charge in [0.05, 0.1) is 13.2 Å². The minimum atomic E-state index is -0.622. The lowest BCUT2D eigenvalue weighted by molar-refractivity contribution is -0.125. The van der Waals surface area contributed by atoms with Crippen LogP contribution in [0, 0.1) is 0 Å². The van der Waals surface area contributed by atoms with E-state index in [1.165, 1.54) is 6.08 Å². The van der Waals surface area contributed by atoms with Crippen LogP contribution in [0.15, 0.2) is 123 Å². The third kappa shape index (κ3) is 12.6. The number of nitrogens with zero attached hydrogens (tertiary/aromatic N) is 11. The van der Waals surface area contributed by atoms with Crippen molar-refractivity contribution in [2.45, 2.75) is 19.3 Å². The van der Waals surface area contributed by atoms with Gasteiger partial charge in [0.1, 0.15) is 0 Å². The van der Waals surface area contributed by atoms with Crippen molar-refractivity contribution >= 4 is 98.5 Å². The predicted octanol–water partition coefficient (Wildman–Crippen LogP) is 6.99. The van der Waals surface area contributed by atoms with Crippen LogP contribution in [0.25, 0.3) is 16.7 Å². The Morgan fingerprint density at radius 3 is 1.88 bits per heavy atom. The first-order valence-corrected chi connectivity index (χ1v) is 25.3. The molecule has 0 bridgehead atoms. The van der Waals surface area contributed by atoms with Crippen LogP contribution in [0.1, 0.15) is 36.0 Å². The maximum atomic E-state index is 14.5. The molecule has 1 fully saturated rings. The number of nitrogens with two attached hydrogens (primary N) is 2. The van der Waals surface area contributed by atoms with Crippen LogP contribution in [0.3, 0.4) is 0 Å². The van der Waals surface area contributed by atoms with E-state index in [-0.39, 0.29) is 41.2 Å². The number of hydrogen-bond acceptors (Lipinski definition) is 16. The Bertz CT molecular complexity index is 3230. The summed E-state index contributed by atoms with van der Waals surface area (Å²) in [4.78, 5) is 71.8. The highest BCUT2D eigenvalue weighted by molar-refractivity contribution is 6.21. The maximum absolute atomic E-state index is 14.5. The number of carbonyl (C=O) groups excluding carboxylic acids is 4. The molecule has 398 valence electrons. The summed E-state index contributed by atoms with van der Waals surface area (Å²) in [6, 6.07) is 26.8. The fraction of sp³-hybridized carbons (Fsp3) is 0.273. The van der Waals surface area contributed by atoms with E-state index in [1.54, 1.807) is 34.1 Å². The van der Waals surface area contributed by atoms with Crippen molar-refractivity contribution in [3.8, 4) is 0 Å². The fourth-order valence-electron chi connectivity index (χ4n) is 9.13. The fourth-order valence-corrected chi connectivity index (χ4v) is 9.13. The number of benzene rings is 4. The molecule has 9 rings (SSSR count). The van der Waals surface area contributed by atoms with Crippen LogP contribution in [0.2, 0.25) is 0 Å². The van der Waals surface area contributed by atoms with Crippen LogP contribution >= 0.6 is 0 Å². The normalized spacial score (nSPS) is 14.6. The van der Waals surface area contributed by atoms with Gasteiger partial charge in [-0.05, 0) is 128 Å². The Morgan fingerprint density at radius 2 is 1.29 bits per heavy atom. The van der Waals surface area contributed by atoms with Crippen molar-refractivity contribution in [2.75, 3.05) is 123 Å². The summed E-state index contributed by atoms with van der Waals surface area (Å²) in [6.45, 7) is 14.0. The third-order valence-corrected chi connectivity index (χ3v) is 13.3. The highest BCUT2D eigenvalue weighted by Gasteiger charge is 2.25. The summed E-state index contributed by atoms with van der Waals surface area (Å²) in [5.41, 5.74) is 21.1. The lowest BCUT2D eigenvalue weighted by Crippen LogP contribution is -2.36. The second-order valence-electron chi connectivity index (χ2n) is 19.0. The van der Waals surface area contributed by atoms with Crippen molar-refractivity contribution < 1.29 is 23.9 Å². The molecule has 0 spiro atoms. The lowest BCUT2D eigenvalue weighted by Gasteiger charge is -2.29. The standard InChI is InChI=1S/C55H63N17O5/c1-6-48(73)69-25-7-9-39(34-69)37-11-15-42(16-12-37)61-55(76)72-51(57)63-53(65-72)59-44-21-24-47(67(5)28-27-66(3)4)46(33-44)36(2)49(74)70-26-8-10-40(35-70)38-13-17-43(18-14-38)60-54(75)71-50(56)62-52(64-71)58-41-19-22-45(23-20-41)68-29-31-77-32-30-68/h6,9,11-24,33,35H,1-2,7-8,10,25-32,34H2,3-5H3,(H,60,75)(H,61,76)(H3,56,58,62,64)(H3,57,59,63,65). The van der Waals surface area contributed by atoms with Gasteiger partial charge in [-0.15, -0.1) is 19.6 Å². The maximum Gasteiger partial charge on any atom is 0.349 e. The summed E-state index contributed by atoms with van der Waals surface area (Å²) in [5, 5.41) is 20.6. The molecule has 0 saturated carbocycles. The Labute approximate surface area is 446 Å². The van der Waals surface area contributed by atoms with E-state index in [1.807, 2.05) is 94.1 Å². The monoisotopic (exact) mass is 1040 g/mol. The minimum Gasteiger partial charge on any atom is -0.378 e. The molecule has 1 saturated heterocycles. The van der Waals surface area contributed by atoms with Gasteiger partial charge in [-0.2, -0.15) is 9.97 Å². The molecule has 0 radical (unpaired) electrons. The Kier molecular flexibility index (Phi) is 16.1. The number of carbonyl (C=O) groups is 4. The molecule has 22 nitrogen and oxygen atoms in total. The number of aromatic nitrogens is 6. The number of hydrogen-bond donors (Lipinski definition) is 6. The average Bonchev–Trinajstić information content (AvgIpc) is 4.03. The summed E-state index contributed by atoms with van der Waals surface area (Å²) < 4.78 is 7.42. The van der Waals surface area contributed by atoms with Crippen LogP contribution < -0.4 is 42.5 Å². The van der Waals surface area contributed by atoms with Gasteiger partial charge in [-0.25, -0.2) is 9.59 Å². The van der Waals surface area contributed by atoms with Gasteiger partial charge in [0.2, 0.25) is 29.7 Å². The van der Waals surface area contributed by atoms with Gasteiger partial charge in [-0.1, -0.05) is 43.5 Å². The zero-order chi connectivity index (χ0) is 54.2. The van der Waals surface area contributed by atoms with Gasteiger partial charge in [0, 0.05) is 104 Å². The topological polar surface area (TPSA) is 255 Å². The van der Waals surface area contributed by atoms with Crippen LogP contribution in [0.5, 0.6) is 0 Å². The smallest absolute Gasteiger partial charge is 0.349 e. The van der Waals surface area contributed by atoms with Gasteiger partial charge < -0.3 is 62.0 Å². The molecule has 77 heavy (non-hydrogen) atoms. The first-order chi connectivity index (χ1) is 37.2. The SMILES string of the molecule is C=CC(=O)N1CCC=C(c2ccc(NC(=O)n3nc(Nc4ccc(N(C)CCN(C)C)c(C(=C)C(=O)N5C=C(c6ccc(NC(=O)n7nc(Nc8ccc(N9CCOCC9)cc8)nc7N)cc6)CCC5)c4)nc3N)cc2)C1. The van der Waals surface area contributed by atoms with Crippen LogP contribution in [0.4, 0.5) is 67.5 Å². The van der Waals surface area contributed by atoms with Crippen molar-refractivity contribution in [2.24, 2.45) is 0 Å².